The molecule has 2 aliphatic rings. The van der Waals surface area contributed by atoms with E-state index in [1.165, 1.54) is 18.6 Å². The van der Waals surface area contributed by atoms with Crippen LogP contribution in [0.2, 0.25) is 0 Å². The topological polar surface area (TPSA) is 114 Å². The number of rotatable bonds is 12. The number of hydrogen-bond donors (Lipinski definition) is 2. The van der Waals surface area contributed by atoms with E-state index >= 15 is 0 Å². The van der Waals surface area contributed by atoms with E-state index in [4.69, 9.17) is 19.6 Å². The zero-order valence-corrected chi connectivity index (χ0v) is 27.2. The molecular formula is C33H36F6N4O5S. The second-order valence-corrected chi connectivity index (χ2v) is 12.7. The molecule has 1 saturated carbocycles. The van der Waals surface area contributed by atoms with E-state index in [1.54, 1.807) is 21.2 Å². The Morgan fingerprint density at radius 3 is 2.24 bits per heavy atom. The molecule has 1 aliphatic heterocycles. The van der Waals surface area contributed by atoms with Gasteiger partial charge in [0.15, 0.2) is 5.16 Å². The predicted molar refractivity (Wildman–Crippen MR) is 170 cm³/mol. The van der Waals surface area contributed by atoms with Gasteiger partial charge >= 0.3 is 18.3 Å². The van der Waals surface area contributed by atoms with Crippen molar-refractivity contribution in [1.82, 2.24) is 19.8 Å². The first kappa shape index (κ1) is 37.8. The second-order valence-electron chi connectivity index (χ2n) is 11.4. The summed E-state index contributed by atoms with van der Waals surface area (Å²) in [4.78, 5) is 42.2. The summed E-state index contributed by atoms with van der Waals surface area (Å²) < 4.78 is 76.9. The summed E-state index contributed by atoms with van der Waals surface area (Å²) in [7, 11) is 0. The molecule has 0 unspecified atom stereocenters. The minimum absolute atomic E-state index is 0.0510. The van der Waals surface area contributed by atoms with Gasteiger partial charge in [0, 0.05) is 18.2 Å². The van der Waals surface area contributed by atoms with Crippen LogP contribution >= 0.6 is 11.8 Å². The van der Waals surface area contributed by atoms with Crippen molar-refractivity contribution in [3.63, 3.8) is 0 Å². The molecule has 2 heterocycles. The third kappa shape index (κ3) is 11.0. The molecule has 2 N–H and O–H groups in total. The van der Waals surface area contributed by atoms with Crippen molar-refractivity contribution in [2.24, 2.45) is 0 Å². The van der Waals surface area contributed by atoms with Crippen LogP contribution in [0.15, 0.2) is 64.5 Å². The van der Waals surface area contributed by atoms with E-state index < -0.39 is 23.9 Å². The molecule has 3 aromatic rings. The number of thioether (sulfide) groups is 1. The number of aromatic nitrogens is 2. The third-order valence-electron chi connectivity index (χ3n) is 7.86. The van der Waals surface area contributed by atoms with Crippen molar-refractivity contribution in [1.29, 1.82) is 0 Å². The molecule has 9 nitrogen and oxygen atoms in total. The molecule has 1 amide bonds. The lowest BCUT2D eigenvalue weighted by Crippen LogP contribution is -2.44. The van der Waals surface area contributed by atoms with Gasteiger partial charge in [0.1, 0.15) is 5.75 Å². The molecule has 16 heteroatoms. The molecule has 1 aromatic heterocycles. The number of nitrogens with zero attached hydrogens (tertiary/aromatic N) is 3. The Labute approximate surface area is 282 Å². The summed E-state index contributed by atoms with van der Waals surface area (Å²) in [6.45, 7) is 2.04. The number of aliphatic carboxylic acids is 1. The number of fused-ring (bicyclic) bond motifs is 1. The maximum Gasteiger partial charge on any atom is 0.490 e. The standard InChI is InChI=1S/C31H35F3N4O3S.C2HF3O2/c32-31(33,34)22-12-14-24(15-13-22)41-19-6-2-5-17-35-20-28(39)37-18-16-27-26(21-37)29(40)38(23-8-3-1-4-9-23)30(36-27)42-25-10-7-11-25;3-2(4,5)1(6)7/h1,3-4,8-9,12-15,25,35H,2,5-7,10-11,16-21H2;(H,6,7). The predicted octanol–water partition coefficient (Wildman–Crippen LogP) is 6.25. The maximum absolute atomic E-state index is 13.7. The number of carbonyl (C=O) groups excluding carboxylic acids is 1. The molecule has 266 valence electrons. The number of hydrogen-bond acceptors (Lipinski definition) is 7. The highest BCUT2D eigenvalue weighted by Gasteiger charge is 2.38. The SMILES string of the molecule is O=C(CNCCCCCOc1ccc(C(F)(F)F)cc1)N1CCc2nc(SC3CCC3)n(-c3ccccc3)c(=O)c2C1.O=C(O)C(F)(F)F. The monoisotopic (exact) mass is 714 g/mol. The van der Waals surface area contributed by atoms with Gasteiger partial charge in [-0.05, 0) is 75.0 Å². The van der Waals surface area contributed by atoms with Crippen LogP contribution in [-0.2, 0) is 28.7 Å². The van der Waals surface area contributed by atoms with Gasteiger partial charge in [0.25, 0.3) is 5.56 Å². The summed E-state index contributed by atoms with van der Waals surface area (Å²) in [5.41, 5.74) is 1.37. The van der Waals surface area contributed by atoms with Crippen molar-refractivity contribution in [3.8, 4) is 11.4 Å². The summed E-state index contributed by atoms with van der Waals surface area (Å²) in [5, 5.41) is 11.5. The minimum Gasteiger partial charge on any atom is -0.494 e. The number of carboxylic acid groups (broad SMARTS) is 1. The lowest BCUT2D eigenvalue weighted by Gasteiger charge is -2.30. The van der Waals surface area contributed by atoms with Crippen LogP contribution in [-0.4, -0.2) is 69.1 Å². The Hall–Kier alpha value is -4.05. The highest BCUT2D eigenvalue weighted by molar-refractivity contribution is 7.99. The Morgan fingerprint density at radius 1 is 0.980 bits per heavy atom. The van der Waals surface area contributed by atoms with E-state index in [1.807, 2.05) is 30.3 Å². The van der Waals surface area contributed by atoms with E-state index in [9.17, 15) is 35.9 Å². The number of carboxylic acids is 1. The highest BCUT2D eigenvalue weighted by Crippen LogP contribution is 2.36. The maximum atomic E-state index is 13.7. The number of nitrogens with one attached hydrogen (secondary N) is 1. The Bertz CT molecular complexity index is 1610. The molecule has 1 aliphatic carbocycles. The molecule has 0 saturated heterocycles. The Balaban J connectivity index is 0.000000698. The molecular weight excluding hydrogens is 678 g/mol. The molecule has 2 aromatic carbocycles. The first-order valence-corrected chi connectivity index (χ1v) is 16.6. The molecule has 0 radical (unpaired) electrons. The fourth-order valence-electron chi connectivity index (χ4n) is 4.96. The van der Waals surface area contributed by atoms with Crippen molar-refractivity contribution in [2.45, 2.75) is 74.2 Å². The van der Waals surface area contributed by atoms with Crippen LogP contribution in [0.25, 0.3) is 5.69 Å². The smallest absolute Gasteiger partial charge is 0.490 e. The highest BCUT2D eigenvalue weighted by atomic mass is 32.2. The Kier molecular flexibility index (Phi) is 13.1. The lowest BCUT2D eigenvalue weighted by atomic mass is 10.0. The van der Waals surface area contributed by atoms with E-state index in [0.717, 1.165) is 60.8 Å². The number of halogens is 6. The van der Waals surface area contributed by atoms with E-state index in [-0.39, 0.29) is 24.6 Å². The van der Waals surface area contributed by atoms with Gasteiger partial charge in [-0.2, -0.15) is 26.3 Å². The fraction of sp³-hybridized carbons (Fsp3) is 0.455. The summed E-state index contributed by atoms with van der Waals surface area (Å²) in [6.07, 6.45) is -2.96. The van der Waals surface area contributed by atoms with Gasteiger partial charge < -0.3 is 20.1 Å². The van der Waals surface area contributed by atoms with Gasteiger partial charge in [0.2, 0.25) is 5.91 Å². The van der Waals surface area contributed by atoms with Gasteiger partial charge in [0.05, 0.1) is 42.2 Å². The largest absolute Gasteiger partial charge is 0.494 e. The van der Waals surface area contributed by atoms with Crippen LogP contribution in [0.5, 0.6) is 5.75 Å². The number of benzene rings is 2. The number of amides is 1. The second kappa shape index (κ2) is 17.1. The number of unbranched alkanes of at least 4 members (excludes halogenated alkanes) is 2. The normalized spacial score (nSPS) is 14.7. The van der Waals surface area contributed by atoms with Crippen molar-refractivity contribution in [2.75, 3.05) is 26.2 Å². The zero-order valence-electron chi connectivity index (χ0n) is 26.4. The van der Waals surface area contributed by atoms with E-state index in [0.29, 0.717) is 42.7 Å². The van der Waals surface area contributed by atoms with Gasteiger partial charge in [-0.1, -0.05) is 36.4 Å². The Morgan fingerprint density at radius 2 is 1.65 bits per heavy atom. The molecule has 0 spiro atoms. The molecule has 1 fully saturated rings. The molecule has 49 heavy (non-hydrogen) atoms. The van der Waals surface area contributed by atoms with Crippen molar-refractivity contribution in [3.05, 3.63) is 81.8 Å². The lowest BCUT2D eigenvalue weighted by molar-refractivity contribution is -0.192. The van der Waals surface area contributed by atoms with Crippen LogP contribution < -0.4 is 15.6 Å². The van der Waals surface area contributed by atoms with Crippen LogP contribution in [0.4, 0.5) is 26.3 Å². The molecule has 5 rings (SSSR count). The van der Waals surface area contributed by atoms with Crippen LogP contribution in [0, 0.1) is 0 Å². The average Bonchev–Trinajstić information content (AvgIpc) is 3.04. The van der Waals surface area contributed by atoms with Gasteiger partial charge in [-0.25, -0.2) is 9.78 Å². The first-order chi connectivity index (χ1) is 23.2. The van der Waals surface area contributed by atoms with Gasteiger partial charge in [-0.15, -0.1) is 0 Å². The average molecular weight is 715 g/mol. The number of alkyl halides is 6. The fourth-order valence-corrected chi connectivity index (χ4v) is 6.28. The van der Waals surface area contributed by atoms with Crippen molar-refractivity contribution >= 4 is 23.6 Å². The third-order valence-corrected chi connectivity index (χ3v) is 9.15. The number of para-hydroxylation sites is 1. The van der Waals surface area contributed by atoms with E-state index in [2.05, 4.69) is 5.32 Å². The minimum atomic E-state index is -5.08. The summed E-state index contributed by atoms with van der Waals surface area (Å²) in [6, 6.07) is 14.2. The molecule has 0 bridgehead atoms. The number of ether oxygens (including phenoxy) is 1. The number of carbonyl (C=O) groups is 2. The summed E-state index contributed by atoms with van der Waals surface area (Å²) in [5.74, 6) is -2.40. The van der Waals surface area contributed by atoms with Crippen LogP contribution in [0.1, 0.15) is 55.3 Å². The van der Waals surface area contributed by atoms with Crippen molar-refractivity contribution < 1.29 is 45.8 Å². The zero-order chi connectivity index (χ0) is 35.6. The van der Waals surface area contributed by atoms with Crippen LogP contribution in [0.3, 0.4) is 0 Å². The van der Waals surface area contributed by atoms with Gasteiger partial charge in [-0.3, -0.25) is 14.2 Å². The quantitative estimate of drug-likeness (QED) is 0.129. The molecule has 0 atom stereocenters. The summed E-state index contributed by atoms with van der Waals surface area (Å²) >= 11 is 1.68. The first-order valence-electron chi connectivity index (χ1n) is 15.7.